The second-order valence-electron chi connectivity index (χ2n) is 7.19. The smallest absolute Gasteiger partial charge is 0.395 e. The summed E-state index contributed by atoms with van der Waals surface area (Å²) in [6.07, 6.45) is 1.70. The molecule has 0 atom stereocenters. The zero-order valence-corrected chi connectivity index (χ0v) is 16.5. The number of carbonyl (C=O) groups excluding carboxylic acids is 1. The molecule has 11 heteroatoms. The zero-order valence-electron chi connectivity index (χ0n) is 16.5. The fourth-order valence-electron chi connectivity index (χ4n) is 3.13. The van der Waals surface area contributed by atoms with Crippen molar-refractivity contribution >= 4 is 17.6 Å². The SMILES string of the molecule is CC(C)c1nc(-c2ccc(N3CCN(C(=O)c4ccc([N+](=O)[O-])o4)CC3)nc2)no1. The first-order valence-electron chi connectivity index (χ1n) is 9.51. The Morgan fingerprint density at radius 3 is 2.50 bits per heavy atom. The topological polar surface area (TPSA) is 132 Å². The van der Waals surface area contributed by atoms with Crippen molar-refractivity contribution in [3.05, 3.63) is 52.2 Å². The number of carbonyl (C=O) groups is 1. The summed E-state index contributed by atoms with van der Waals surface area (Å²) in [5.74, 6) is 1.19. The molecule has 0 N–H and O–H groups in total. The lowest BCUT2D eigenvalue weighted by molar-refractivity contribution is -0.402. The van der Waals surface area contributed by atoms with Crippen molar-refractivity contribution in [3.63, 3.8) is 0 Å². The maximum Gasteiger partial charge on any atom is 0.433 e. The van der Waals surface area contributed by atoms with Crippen molar-refractivity contribution in [2.24, 2.45) is 0 Å². The first-order chi connectivity index (χ1) is 14.4. The van der Waals surface area contributed by atoms with E-state index in [1.807, 2.05) is 26.0 Å². The number of nitro groups is 1. The van der Waals surface area contributed by atoms with Crippen LogP contribution in [0.2, 0.25) is 0 Å². The van der Waals surface area contributed by atoms with Gasteiger partial charge in [-0.2, -0.15) is 4.98 Å². The Bertz CT molecular complexity index is 1050. The molecule has 4 heterocycles. The fraction of sp³-hybridized carbons (Fsp3) is 0.368. The quantitative estimate of drug-likeness (QED) is 0.458. The zero-order chi connectivity index (χ0) is 21.3. The van der Waals surface area contributed by atoms with Crippen LogP contribution in [-0.4, -0.2) is 57.0 Å². The van der Waals surface area contributed by atoms with Gasteiger partial charge in [-0.25, -0.2) is 4.98 Å². The molecule has 1 fully saturated rings. The molecule has 0 radical (unpaired) electrons. The van der Waals surface area contributed by atoms with Crippen LogP contribution in [0, 0.1) is 10.1 Å². The Morgan fingerprint density at radius 2 is 1.93 bits per heavy atom. The Balaban J connectivity index is 1.37. The normalized spacial score (nSPS) is 14.4. The van der Waals surface area contributed by atoms with Gasteiger partial charge in [0.2, 0.25) is 11.7 Å². The highest BCUT2D eigenvalue weighted by Crippen LogP contribution is 2.22. The first kappa shape index (κ1) is 19.6. The van der Waals surface area contributed by atoms with E-state index in [4.69, 9.17) is 8.94 Å². The summed E-state index contributed by atoms with van der Waals surface area (Å²) >= 11 is 0. The highest BCUT2D eigenvalue weighted by Gasteiger charge is 2.26. The van der Waals surface area contributed by atoms with Gasteiger partial charge in [0.25, 0.3) is 5.91 Å². The molecular formula is C19H20N6O5. The Kier molecular flexibility index (Phi) is 5.17. The highest BCUT2D eigenvalue weighted by molar-refractivity contribution is 5.92. The average Bonchev–Trinajstić information content (AvgIpc) is 3.44. The average molecular weight is 412 g/mol. The van der Waals surface area contributed by atoms with E-state index in [1.54, 1.807) is 11.1 Å². The van der Waals surface area contributed by atoms with Gasteiger partial charge in [-0.3, -0.25) is 14.9 Å². The monoisotopic (exact) mass is 412 g/mol. The third-order valence-electron chi connectivity index (χ3n) is 4.82. The highest BCUT2D eigenvalue weighted by atomic mass is 16.6. The predicted octanol–water partition coefficient (Wildman–Crippen LogP) is 2.72. The molecule has 1 amide bonds. The van der Waals surface area contributed by atoms with Crippen LogP contribution < -0.4 is 4.90 Å². The molecule has 30 heavy (non-hydrogen) atoms. The van der Waals surface area contributed by atoms with Crippen molar-refractivity contribution in [2.75, 3.05) is 31.1 Å². The molecule has 1 aliphatic rings. The fourth-order valence-corrected chi connectivity index (χ4v) is 3.13. The van der Waals surface area contributed by atoms with Crippen molar-refractivity contribution in [2.45, 2.75) is 19.8 Å². The van der Waals surface area contributed by atoms with Crippen LogP contribution in [-0.2, 0) is 0 Å². The first-order valence-corrected chi connectivity index (χ1v) is 9.51. The van der Waals surface area contributed by atoms with E-state index in [9.17, 15) is 14.9 Å². The van der Waals surface area contributed by atoms with E-state index in [0.29, 0.717) is 37.9 Å². The Morgan fingerprint density at radius 1 is 1.17 bits per heavy atom. The van der Waals surface area contributed by atoms with Crippen LogP contribution in [0.1, 0.15) is 36.2 Å². The van der Waals surface area contributed by atoms with Crippen LogP contribution in [0.25, 0.3) is 11.4 Å². The molecule has 0 bridgehead atoms. The van der Waals surface area contributed by atoms with E-state index in [2.05, 4.69) is 20.0 Å². The number of hydrogen-bond donors (Lipinski definition) is 0. The molecule has 0 aromatic carbocycles. The summed E-state index contributed by atoms with van der Waals surface area (Å²) in [4.78, 5) is 35.1. The van der Waals surface area contributed by atoms with Crippen LogP contribution in [0.4, 0.5) is 11.7 Å². The summed E-state index contributed by atoms with van der Waals surface area (Å²) in [7, 11) is 0. The van der Waals surface area contributed by atoms with Gasteiger partial charge in [-0.05, 0) is 18.2 Å². The lowest BCUT2D eigenvalue weighted by atomic mass is 10.2. The minimum Gasteiger partial charge on any atom is -0.395 e. The molecule has 0 spiro atoms. The molecular weight excluding hydrogens is 392 g/mol. The van der Waals surface area contributed by atoms with Crippen molar-refractivity contribution < 1.29 is 18.7 Å². The van der Waals surface area contributed by atoms with E-state index < -0.39 is 10.8 Å². The number of amides is 1. The summed E-state index contributed by atoms with van der Waals surface area (Å²) < 4.78 is 10.2. The summed E-state index contributed by atoms with van der Waals surface area (Å²) in [5.41, 5.74) is 0.766. The second kappa shape index (κ2) is 7.93. The molecule has 11 nitrogen and oxygen atoms in total. The van der Waals surface area contributed by atoms with E-state index in [-0.39, 0.29) is 17.6 Å². The molecule has 0 unspecified atom stereocenters. The van der Waals surface area contributed by atoms with Gasteiger partial charge in [-0.15, -0.1) is 0 Å². The second-order valence-corrected chi connectivity index (χ2v) is 7.19. The number of rotatable bonds is 5. The summed E-state index contributed by atoms with van der Waals surface area (Å²) in [6.45, 7) is 6.05. The standard InChI is InChI=1S/C19H20N6O5/c1-12(2)18-21-17(22-30-18)13-3-5-15(20-11-13)23-7-9-24(10-8-23)19(26)14-4-6-16(29-14)25(27)28/h3-6,11-12H,7-10H2,1-2H3. The lowest BCUT2D eigenvalue weighted by Crippen LogP contribution is -2.49. The number of anilines is 1. The third-order valence-corrected chi connectivity index (χ3v) is 4.82. The molecule has 156 valence electrons. The van der Waals surface area contributed by atoms with Gasteiger partial charge in [0.15, 0.2) is 5.76 Å². The maximum absolute atomic E-state index is 12.5. The largest absolute Gasteiger partial charge is 0.433 e. The molecule has 0 saturated carbocycles. The maximum atomic E-state index is 12.5. The molecule has 1 aliphatic heterocycles. The van der Waals surface area contributed by atoms with E-state index >= 15 is 0 Å². The van der Waals surface area contributed by atoms with Crippen LogP contribution in [0.15, 0.2) is 39.4 Å². The van der Waals surface area contributed by atoms with Crippen molar-refractivity contribution in [1.29, 1.82) is 0 Å². The number of aromatic nitrogens is 3. The van der Waals surface area contributed by atoms with Crippen LogP contribution in [0.3, 0.4) is 0 Å². The number of furan rings is 1. The number of piperazine rings is 1. The Hall–Kier alpha value is -3.76. The van der Waals surface area contributed by atoms with E-state index in [1.165, 1.54) is 12.1 Å². The molecule has 3 aromatic heterocycles. The third kappa shape index (κ3) is 3.86. The van der Waals surface area contributed by atoms with Gasteiger partial charge in [0.05, 0.1) is 6.07 Å². The van der Waals surface area contributed by atoms with Crippen molar-refractivity contribution in [3.8, 4) is 11.4 Å². The predicted molar refractivity (Wildman–Crippen MR) is 105 cm³/mol. The van der Waals surface area contributed by atoms with Crippen LogP contribution in [0.5, 0.6) is 0 Å². The molecule has 1 saturated heterocycles. The number of hydrogen-bond acceptors (Lipinski definition) is 9. The number of nitrogens with zero attached hydrogens (tertiary/aromatic N) is 6. The number of pyridine rings is 1. The molecule has 0 aliphatic carbocycles. The van der Waals surface area contributed by atoms with Crippen molar-refractivity contribution in [1.82, 2.24) is 20.0 Å². The summed E-state index contributed by atoms with van der Waals surface area (Å²) in [5, 5.41) is 14.7. The van der Waals surface area contributed by atoms with E-state index in [0.717, 1.165) is 11.4 Å². The summed E-state index contributed by atoms with van der Waals surface area (Å²) in [6, 6.07) is 6.28. The van der Waals surface area contributed by atoms with Gasteiger partial charge in [-0.1, -0.05) is 19.0 Å². The van der Waals surface area contributed by atoms with Gasteiger partial charge in [0, 0.05) is 43.9 Å². The Labute approximate surface area is 171 Å². The van der Waals surface area contributed by atoms with Gasteiger partial charge < -0.3 is 18.7 Å². The molecule has 3 aromatic rings. The minimum absolute atomic E-state index is 0.0292. The van der Waals surface area contributed by atoms with Gasteiger partial charge >= 0.3 is 5.88 Å². The van der Waals surface area contributed by atoms with Crippen LogP contribution >= 0.6 is 0 Å². The minimum atomic E-state index is -0.664. The lowest BCUT2D eigenvalue weighted by Gasteiger charge is -2.35. The van der Waals surface area contributed by atoms with Gasteiger partial charge in [0.1, 0.15) is 10.7 Å². The molecule has 4 rings (SSSR count).